The van der Waals surface area contributed by atoms with E-state index in [4.69, 9.17) is 4.74 Å². The Hall–Kier alpha value is -1.58. The zero-order valence-corrected chi connectivity index (χ0v) is 9.19. The minimum Gasteiger partial charge on any atom is -0.453 e. The quantitative estimate of drug-likeness (QED) is 0.772. The fourth-order valence-corrected chi connectivity index (χ4v) is 1.99. The van der Waals surface area contributed by atoms with Gasteiger partial charge in [-0.1, -0.05) is 19.3 Å². The normalized spacial score (nSPS) is 20.9. The smallest absolute Gasteiger partial charge is 0.253 e. The topological polar surface area (TPSA) is 50.7 Å². The van der Waals surface area contributed by atoms with Gasteiger partial charge in [-0.05, 0) is 18.9 Å². The number of amides is 1. The molecule has 0 spiro atoms. The molecule has 0 aromatic carbocycles. The molecule has 86 valence electrons. The Bertz CT molecular complexity index is 339. The summed E-state index contributed by atoms with van der Waals surface area (Å²) in [5, 5.41) is 3.03. The van der Waals surface area contributed by atoms with E-state index in [-0.39, 0.29) is 5.91 Å². The maximum atomic E-state index is 11.9. The summed E-state index contributed by atoms with van der Waals surface area (Å²) in [4.78, 5) is 15.7. The van der Waals surface area contributed by atoms with Gasteiger partial charge < -0.3 is 10.1 Å². The molecule has 1 aliphatic heterocycles. The second-order valence-electron chi connectivity index (χ2n) is 4.09. The van der Waals surface area contributed by atoms with Crippen molar-refractivity contribution in [1.29, 1.82) is 0 Å². The lowest BCUT2D eigenvalue weighted by Gasteiger charge is -2.22. The van der Waals surface area contributed by atoms with Gasteiger partial charge in [-0.15, -0.1) is 0 Å². The monoisotopic (exact) mass is 220 g/mol. The van der Waals surface area contributed by atoms with Crippen molar-refractivity contribution in [1.82, 2.24) is 5.32 Å². The van der Waals surface area contributed by atoms with E-state index in [0.29, 0.717) is 11.6 Å². The highest BCUT2D eigenvalue weighted by molar-refractivity contribution is 5.96. The number of ether oxygens (including phenoxy) is 1. The zero-order chi connectivity index (χ0) is 11.2. The van der Waals surface area contributed by atoms with Crippen molar-refractivity contribution in [2.24, 2.45) is 4.99 Å². The maximum Gasteiger partial charge on any atom is 0.253 e. The number of hydrogen-bond donors (Lipinski definition) is 1. The molecule has 1 N–H and O–H groups in total. The second kappa shape index (κ2) is 5.49. The fourth-order valence-electron chi connectivity index (χ4n) is 1.99. The van der Waals surface area contributed by atoms with Crippen molar-refractivity contribution in [2.75, 3.05) is 0 Å². The van der Waals surface area contributed by atoms with E-state index in [0.717, 1.165) is 12.8 Å². The van der Waals surface area contributed by atoms with Crippen molar-refractivity contribution < 1.29 is 9.53 Å². The first kappa shape index (κ1) is 10.9. The van der Waals surface area contributed by atoms with Crippen LogP contribution in [-0.4, -0.2) is 18.3 Å². The Balaban J connectivity index is 1.91. The van der Waals surface area contributed by atoms with Crippen LogP contribution >= 0.6 is 0 Å². The van der Waals surface area contributed by atoms with E-state index in [1.807, 2.05) is 0 Å². The van der Waals surface area contributed by atoms with Crippen LogP contribution in [0.5, 0.6) is 0 Å². The first-order valence-electron chi connectivity index (χ1n) is 5.71. The van der Waals surface area contributed by atoms with Crippen molar-refractivity contribution >= 4 is 12.3 Å². The van der Waals surface area contributed by atoms with Crippen LogP contribution in [-0.2, 0) is 9.53 Å². The highest BCUT2D eigenvalue weighted by atomic mass is 16.5. The Kier molecular flexibility index (Phi) is 3.75. The minimum atomic E-state index is -0.0641. The number of nitrogens with zero attached hydrogens (tertiary/aromatic N) is 1. The van der Waals surface area contributed by atoms with Gasteiger partial charge in [0.05, 0.1) is 11.8 Å². The molecule has 1 fully saturated rings. The standard InChI is InChI=1S/C12H16N2O2/c15-12(10-6-7-16-9-13-8-10)14-11-4-2-1-3-5-11/h6-9,11H,1-5H2,(H,14,15). The molecular weight excluding hydrogens is 204 g/mol. The average molecular weight is 220 g/mol. The number of hydrogen-bond acceptors (Lipinski definition) is 3. The van der Waals surface area contributed by atoms with Crippen molar-refractivity contribution in [2.45, 2.75) is 38.1 Å². The molecule has 0 aromatic heterocycles. The molecule has 0 bridgehead atoms. The van der Waals surface area contributed by atoms with Gasteiger partial charge in [-0.25, -0.2) is 4.99 Å². The predicted molar refractivity (Wildman–Crippen MR) is 61.8 cm³/mol. The summed E-state index contributed by atoms with van der Waals surface area (Å²) in [6.45, 7) is 0. The second-order valence-corrected chi connectivity index (χ2v) is 4.09. The van der Waals surface area contributed by atoms with E-state index in [1.165, 1.54) is 38.1 Å². The summed E-state index contributed by atoms with van der Waals surface area (Å²) in [5.41, 5.74) is 0.541. The van der Waals surface area contributed by atoms with Gasteiger partial charge in [-0.2, -0.15) is 0 Å². The van der Waals surface area contributed by atoms with E-state index in [2.05, 4.69) is 10.3 Å². The third-order valence-corrected chi connectivity index (χ3v) is 2.86. The molecule has 1 heterocycles. The van der Waals surface area contributed by atoms with Gasteiger partial charge in [0.2, 0.25) is 0 Å². The van der Waals surface area contributed by atoms with E-state index < -0.39 is 0 Å². The van der Waals surface area contributed by atoms with Crippen LogP contribution in [0.15, 0.2) is 29.1 Å². The van der Waals surface area contributed by atoms with Gasteiger partial charge in [0, 0.05) is 12.2 Å². The summed E-state index contributed by atoms with van der Waals surface area (Å²) in [5.74, 6) is -0.0641. The molecule has 0 radical (unpaired) electrons. The van der Waals surface area contributed by atoms with Crippen molar-refractivity contribution in [3.05, 3.63) is 24.1 Å². The molecule has 2 rings (SSSR count). The van der Waals surface area contributed by atoms with Crippen LogP contribution in [0, 0.1) is 0 Å². The first-order chi connectivity index (χ1) is 7.86. The molecule has 4 heteroatoms. The van der Waals surface area contributed by atoms with Crippen LogP contribution in [0.3, 0.4) is 0 Å². The van der Waals surface area contributed by atoms with Gasteiger partial charge in [0.1, 0.15) is 0 Å². The first-order valence-corrected chi connectivity index (χ1v) is 5.71. The van der Waals surface area contributed by atoms with E-state index in [9.17, 15) is 4.79 Å². The largest absolute Gasteiger partial charge is 0.453 e. The summed E-state index contributed by atoms with van der Waals surface area (Å²) < 4.78 is 4.86. The molecule has 0 atom stereocenters. The lowest BCUT2D eigenvalue weighted by Crippen LogP contribution is -2.36. The molecule has 1 amide bonds. The molecular formula is C12H16N2O2. The number of carbonyl (C=O) groups excluding carboxylic acids is 1. The zero-order valence-electron chi connectivity index (χ0n) is 9.19. The van der Waals surface area contributed by atoms with Crippen LogP contribution < -0.4 is 5.32 Å². The molecule has 1 saturated carbocycles. The SMILES string of the molecule is O=C(NC1CCCCC1)C1=CN=COC=C1. The number of aliphatic imine (C=N–C) groups is 1. The summed E-state index contributed by atoms with van der Waals surface area (Å²) in [6, 6.07) is 0.323. The lowest BCUT2D eigenvalue weighted by atomic mass is 9.95. The van der Waals surface area contributed by atoms with Crippen LogP contribution in [0.1, 0.15) is 32.1 Å². The molecule has 4 nitrogen and oxygen atoms in total. The molecule has 2 aliphatic rings. The molecule has 16 heavy (non-hydrogen) atoms. The van der Waals surface area contributed by atoms with Gasteiger partial charge >= 0.3 is 0 Å². The van der Waals surface area contributed by atoms with E-state index in [1.54, 1.807) is 6.08 Å². The summed E-state index contributed by atoms with van der Waals surface area (Å²) in [6.07, 6.45) is 11.8. The van der Waals surface area contributed by atoms with Crippen LogP contribution in [0.4, 0.5) is 0 Å². The number of nitrogens with one attached hydrogen (secondary N) is 1. The fraction of sp³-hybridized carbons (Fsp3) is 0.500. The van der Waals surface area contributed by atoms with Crippen LogP contribution in [0.25, 0.3) is 0 Å². The van der Waals surface area contributed by atoms with Gasteiger partial charge in [0.25, 0.3) is 5.91 Å². The van der Waals surface area contributed by atoms with Crippen LogP contribution in [0.2, 0.25) is 0 Å². The molecule has 0 saturated heterocycles. The highest BCUT2D eigenvalue weighted by Crippen LogP contribution is 2.17. The van der Waals surface area contributed by atoms with Crippen molar-refractivity contribution in [3.8, 4) is 0 Å². The third kappa shape index (κ3) is 2.95. The predicted octanol–water partition coefficient (Wildman–Crippen LogP) is 1.89. The third-order valence-electron chi connectivity index (χ3n) is 2.86. The Labute approximate surface area is 95.1 Å². The summed E-state index contributed by atoms with van der Waals surface area (Å²) in [7, 11) is 0. The minimum absolute atomic E-state index is 0.0641. The molecule has 0 aromatic rings. The van der Waals surface area contributed by atoms with Gasteiger partial charge in [-0.3, -0.25) is 4.79 Å². The average Bonchev–Trinajstić information content (AvgIpc) is 2.59. The number of carbonyl (C=O) groups is 1. The highest BCUT2D eigenvalue weighted by Gasteiger charge is 2.17. The molecule has 1 aliphatic carbocycles. The number of rotatable bonds is 2. The van der Waals surface area contributed by atoms with Crippen molar-refractivity contribution in [3.63, 3.8) is 0 Å². The Morgan fingerprint density at radius 1 is 1.38 bits per heavy atom. The lowest BCUT2D eigenvalue weighted by molar-refractivity contribution is -0.118. The van der Waals surface area contributed by atoms with E-state index >= 15 is 0 Å². The Morgan fingerprint density at radius 2 is 2.19 bits per heavy atom. The maximum absolute atomic E-state index is 11.9. The summed E-state index contributed by atoms with van der Waals surface area (Å²) >= 11 is 0. The molecule has 0 unspecified atom stereocenters. The Morgan fingerprint density at radius 3 is 3.00 bits per heavy atom. The van der Waals surface area contributed by atoms with Gasteiger partial charge in [0.15, 0.2) is 6.40 Å².